The van der Waals surface area contributed by atoms with Crippen LogP contribution in [-0.4, -0.2) is 30.2 Å². The number of rotatable bonds is 4. The average Bonchev–Trinajstić information content (AvgIpc) is 2.16. The zero-order valence-electron chi connectivity index (χ0n) is 8.65. The van der Waals surface area contributed by atoms with Crippen LogP contribution in [0.25, 0.3) is 0 Å². The predicted molar refractivity (Wildman–Crippen MR) is 52.5 cm³/mol. The van der Waals surface area contributed by atoms with E-state index < -0.39 is 0 Å². The number of methoxy groups -OCH3 is 2. The smallest absolute Gasteiger partial charge is 0.220 e. The monoisotopic (exact) mass is 197 g/mol. The normalized spacial score (nSPS) is 12.3. The Bertz CT molecular complexity index is 280. The third-order valence-electron chi connectivity index (χ3n) is 1.65. The van der Waals surface area contributed by atoms with Gasteiger partial charge in [0, 0.05) is 12.5 Å². The van der Waals surface area contributed by atoms with E-state index in [9.17, 15) is 0 Å². The van der Waals surface area contributed by atoms with Crippen LogP contribution in [0.4, 0.5) is 0 Å². The van der Waals surface area contributed by atoms with E-state index >= 15 is 0 Å². The lowest BCUT2D eigenvalue weighted by atomic mass is 10.2. The van der Waals surface area contributed by atoms with Crippen molar-refractivity contribution in [3.05, 3.63) is 11.9 Å². The Hall–Kier alpha value is -1.36. The molecule has 1 aromatic rings. The molecule has 0 saturated carbocycles. The Morgan fingerprint density at radius 3 is 2.14 bits per heavy atom. The van der Waals surface area contributed by atoms with Gasteiger partial charge in [0.25, 0.3) is 0 Å². The molecular formula is C9H15N3O2. The summed E-state index contributed by atoms with van der Waals surface area (Å²) in [5.74, 6) is 1.62. The maximum Gasteiger partial charge on any atom is 0.220 e. The van der Waals surface area contributed by atoms with Gasteiger partial charge in [0.1, 0.15) is 5.82 Å². The molecule has 0 aromatic carbocycles. The Kier molecular flexibility index (Phi) is 3.64. The molecule has 0 amide bonds. The molecule has 5 heteroatoms. The fourth-order valence-corrected chi connectivity index (χ4v) is 1.04. The van der Waals surface area contributed by atoms with E-state index in [0.717, 1.165) is 0 Å². The van der Waals surface area contributed by atoms with Crippen LogP contribution in [0.2, 0.25) is 0 Å². The molecule has 1 heterocycles. The summed E-state index contributed by atoms with van der Waals surface area (Å²) in [7, 11) is 3.11. The van der Waals surface area contributed by atoms with Crippen LogP contribution >= 0.6 is 0 Å². The summed E-state index contributed by atoms with van der Waals surface area (Å²) in [5, 5.41) is 0. The number of hydrogen-bond donors (Lipinski definition) is 1. The van der Waals surface area contributed by atoms with Gasteiger partial charge in [-0.15, -0.1) is 0 Å². The first kappa shape index (κ1) is 10.7. The van der Waals surface area contributed by atoms with E-state index in [-0.39, 0.29) is 6.04 Å². The Morgan fingerprint density at radius 2 is 1.79 bits per heavy atom. The highest BCUT2D eigenvalue weighted by molar-refractivity contribution is 5.21. The van der Waals surface area contributed by atoms with Crippen LogP contribution in [0.5, 0.6) is 11.8 Å². The number of nitrogens with zero attached hydrogens (tertiary/aromatic N) is 2. The number of hydrogen-bond acceptors (Lipinski definition) is 5. The molecule has 1 rings (SSSR count). The Labute approximate surface area is 83.3 Å². The van der Waals surface area contributed by atoms with Crippen molar-refractivity contribution in [3.63, 3.8) is 0 Å². The van der Waals surface area contributed by atoms with Crippen LogP contribution in [0.15, 0.2) is 6.07 Å². The summed E-state index contributed by atoms with van der Waals surface area (Å²) >= 11 is 0. The van der Waals surface area contributed by atoms with E-state index in [4.69, 9.17) is 15.2 Å². The van der Waals surface area contributed by atoms with E-state index in [1.54, 1.807) is 20.3 Å². The second-order valence-electron chi connectivity index (χ2n) is 3.05. The molecule has 2 N–H and O–H groups in total. The third-order valence-corrected chi connectivity index (χ3v) is 1.65. The highest BCUT2D eigenvalue weighted by Gasteiger charge is 2.06. The van der Waals surface area contributed by atoms with E-state index in [0.29, 0.717) is 24.0 Å². The molecule has 78 valence electrons. The van der Waals surface area contributed by atoms with Gasteiger partial charge in [-0.3, -0.25) is 0 Å². The largest absolute Gasteiger partial charge is 0.481 e. The van der Waals surface area contributed by atoms with E-state index in [1.165, 1.54) is 0 Å². The van der Waals surface area contributed by atoms with Crippen LogP contribution in [-0.2, 0) is 6.42 Å². The molecule has 1 atom stereocenters. The van der Waals surface area contributed by atoms with Gasteiger partial charge < -0.3 is 15.2 Å². The second kappa shape index (κ2) is 4.76. The SMILES string of the molecule is COc1cc(OC)nc(CC(C)N)n1. The summed E-state index contributed by atoms with van der Waals surface area (Å²) < 4.78 is 10.0. The van der Waals surface area contributed by atoms with Crippen molar-refractivity contribution in [3.8, 4) is 11.8 Å². The van der Waals surface area contributed by atoms with Crippen LogP contribution in [0.1, 0.15) is 12.7 Å². The highest BCUT2D eigenvalue weighted by atomic mass is 16.5. The summed E-state index contributed by atoms with van der Waals surface area (Å²) in [6.45, 7) is 1.90. The van der Waals surface area contributed by atoms with Gasteiger partial charge in [0.2, 0.25) is 11.8 Å². The van der Waals surface area contributed by atoms with Crippen LogP contribution in [0, 0.1) is 0 Å². The van der Waals surface area contributed by atoms with Gasteiger partial charge in [0.15, 0.2) is 0 Å². The molecule has 1 aromatic heterocycles. The standard InChI is InChI=1S/C9H15N3O2/c1-6(10)4-7-11-8(13-2)5-9(12-7)14-3/h5-6H,4,10H2,1-3H3. The molecular weight excluding hydrogens is 182 g/mol. The molecule has 0 fully saturated rings. The van der Waals surface area contributed by atoms with Crippen molar-refractivity contribution in [2.24, 2.45) is 5.73 Å². The van der Waals surface area contributed by atoms with Crippen molar-refractivity contribution in [2.75, 3.05) is 14.2 Å². The van der Waals surface area contributed by atoms with Crippen LogP contribution < -0.4 is 15.2 Å². The van der Waals surface area contributed by atoms with Crippen molar-refractivity contribution < 1.29 is 9.47 Å². The minimum Gasteiger partial charge on any atom is -0.481 e. The zero-order valence-corrected chi connectivity index (χ0v) is 8.65. The Morgan fingerprint density at radius 1 is 1.29 bits per heavy atom. The number of ether oxygens (including phenoxy) is 2. The molecule has 0 saturated heterocycles. The Balaban J connectivity index is 2.92. The topological polar surface area (TPSA) is 70.3 Å². The molecule has 14 heavy (non-hydrogen) atoms. The summed E-state index contributed by atoms with van der Waals surface area (Å²) in [5.41, 5.74) is 5.65. The highest BCUT2D eigenvalue weighted by Crippen LogP contribution is 2.15. The van der Waals surface area contributed by atoms with E-state index in [2.05, 4.69) is 9.97 Å². The fraction of sp³-hybridized carbons (Fsp3) is 0.556. The summed E-state index contributed by atoms with van der Waals surface area (Å²) in [6.07, 6.45) is 0.605. The lowest BCUT2D eigenvalue weighted by Crippen LogP contribution is -2.19. The quantitative estimate of drug-likeness (QED) is 0.755. The first-order valence-corrected chi connectivity index (χ1v) is 4.37. The molecule has 5 nitrogen and oxygen atoms in total. The van der Waals surface area contributed by atoms with Crippen molar-refractivity contribution in [1.82, 2.24) is 9.97 Å². The lowest BCUT2D eigenvalue weighted by Gasteiger charge is -2.07. The first-order valence-electron chi connectivity index (χ1n) is 4.37. The van der Waals surface area contributed by atoms with Crippen LogP contribution in [0.3, 0.4) is 0 Å². The molecule has 0 aliphatic heterocycles. The van der Waals surface area contributed by atoms with Gasteiger partial charge in [-0.1, -0.05) is 0 Å². The molecule has 1 unspecified atom stereocenters. The van der Waals surface area contributed by atoms with Gasteiger partial charge in [-0.2, -0.15) is 9.97 Å². The summed E-state index contributed by atoms with van der Waals surface area (Å²) in [6, 6.07) is 1.65. The molecule has 0 bridgehead atoms. The zero-order chi connectivity index (χ0) is 10.6. The van der Waals surface area contributed by atoms with Gasteiger partial charge >= 0.3 is 0 Å². The number of nitrogens with two attached hydrogens (primary N) is 1. The minimum atomic E-state index is 0.0202. The molecule has 0 aliphatic carbocycles. The first-order chi connectivity index (χ1) is 6.65. The van der Waals surface area contributed by atoms with Crippen molar-refractivity contribution >= 4 is 0 Å². The maximum absolute atomic E-state index is 5.65. The van der Waals surface area contributed by atoms with Gasteiger partial charge in [-0.05, 0) is 6.92 Å². The van der Waals surface area contributed by atoms with E-state index in [1.807, 2.05) is 6.92 Å². The fourth-order valence-electron chi connectivity index (χ4n) is 1.04. The third kappa shape index (κ3) is 2.85. The maximum atomic E-state index is 5.65. The molecule has 0 aliphatic rings. The molecule has 0 spiro atoms. The predicted octanol–water partition coefficient (Wildman–Crippen LogP) is 0.384. The number of aromatic nitrogens is 2. The summed E-state index contributed by atoms with van der Waals surface area (Å²) in [4.78, 5) is 8.29. The van der Waals surface area contributed by atoms with Gasteiger partial charge in [-0.25, -0.2) is 0 Å². The van der Waals surface area contributed by atoms with Crippen molar-refractivity contribution in [1.29, 1.82) is 0 Å². The minimum absolute atomic E-state index is 0.0202. The molecule has 0 radical (unpaired) electrons. The van der Waals surface area contributed by atoms with Crippen molar-refractivity contribution in [2.45, 2.75) is 19.4 Å². The second-order valence-corrected chi connectivity index (χ2v) is 3.05. The lowest BCUT2D eigenvalue weighted by molar-refractivity contribution is 0.367. The average molecular weight is 197 g/mol. The van der Waals surface area contributed by atoms with Gasteiger partial charge in [0.05, 0.1) is 20.3 Å².